The van der Waals surface area contributed by atoms with Crippen molar-refractivity contribution in [3.63, 3.8) is 0 Å². The minimum Gasteiger partial charge on any atom is -0.507 e. The zero-order valence-corrected chi connectivity index (χ0v) is 22.8. The van der Waals surface area contributed by atoms with Crippen LogP contribution >= 0.6 is 0 Å². The van der Waals surface area contributed by atoms with Crippen LogP contribution in [0.5, 0.6) is 5.75 Å². The lowest BCUT2D eigenvalue weighted by Crippen LogP contribution is -2.74. The van der Waals surface area contributed by atoms with Crippen LogP contribution in [0.25, 0.3) is 0 Å². The summed E-state index contributed by atoms with van der Waals surface area (Å²) >= 11 is 0. The van der Waals surface area contributed by atoms with Gasteiger partial charge in [-0.1, -0.05) is 0 Å². The van der Waals surface area contributed by atoms with Crippen LogP contribution < -0.4 is 5.73 Å². The highest BCUT2D eigenvalue weighted by Crippen LogP contribution is 2.57. The molecule has 2 unspecified atom stereocenters. The molecular weight excluding hydrogens is 521 g/mol. The molecule has 0 saturated heterocycles. The molecule has 214 valence electrons. The molecule has 4 saturated carbocycles. The normalized spacial score (nSPS) is 34.5. The number of fused-ring (bicyclic) bond motifs is 3. The van der Waals surface area contributed by atoms with E-state index in [9.17, 15) is 34.2 Å². The highest BCUT2D eigenvalue weighted by Gasteiger charge is 2.69. The fraction of sp³-hybridized carbons (Fsp3) is 0.621. The van der Waals surface area contributed by atoms with Gasteiger partial charge in [0.15, 0.2) is 34.7 Å². The fourth-order valence-electron chi connectivity index (χ4n) is 8.09. The third-order valence-electron chi connectivity index (χ3n) is 10.3. The van der Waals surface area contributed by atoms with Gasteiger partial charge in [0.2, 0.25) is 5.91 Å². The molecule has 0 heterocycles. The number of hydrogen-bond acceptors (Lipinski definition) is 9. The lowest BCUT2D eigenvalue weighted by Gasteiger charge is -2.52. The number of nitrogens with zero attached hydrogens (tertiary/aromatic N) is 2. The first-order valence-corrected chi connectivity index (χ1v) is 13.8. The summed E-state index contributed by atoms with van der Waals surface area (Å²) in [5.74, 6) is -11.5. The fourth-order valence-corrected chi connectivity index (χ4v) is 8.09. The van der Waals surface area contributed by atoms with Crippen molar-refractivity contribution in [1.82, 2.24) is 9.80 Å². The van der Waals surface area contributed by atoms with Gasteiger partial charge in [-0.2, -0.15) is 0 Å². The zero-order chi connectivity index (χ0) is 29.0. The van der Waals surface area contributed by atoms with Crippen LogP contribution in [0.3, 0.4) is 0 Å². The number of amides is 1. The molecule has 40 heavy (non-hydrogen) atoms. The van der Waals surface area contributed by atoms with Gasteiger partial charge in [-0.25, -0.2) is 4.39 Å². The number of halogens is 1. The van der Waals surface area contributed by atoms with Crippen molar-refractivity contribution >= 4 is 29.0 Å². The summed E-state index contributed by atoms with van der Waals surface area (Å²) in [5, 5.41) is 22.5. The maximum atomic E-state index is 16.0. The number of likely N-dealkylation sites (N-methyl/N-ethyl adjacent to an activating group) is 1. The molecule has 6 rings (SSSR count). The van der Waals surface area contributed by atoms with E-state index in [1.54, 1.807) is 0 Å². The average Bonchev–Trinajstić information content (AvgIpc) is 3.77. The van der Waals surface area contributed by atoms with Gasteiger partial charge in [-0.05, 0) is 77.6 Å². The molecule has 4 fully saturated rings. The van der Waals surface area contributed by atoms with Gasteiger partial charge in [0.25, 0.3) is 0 Å². The molecule has 5 aliphatic rings. The summed E-state index contributed by atoms with van der Waals surface area (Å²) in [6.45, 7) is 0.257. The van der Waals surface area contributed by atoms with Crippen molar-refractivity contribution < 1.29 is 38.6 Å². The van der Waals surface area contributed by atoms with Crippen LogP contribution in [0.4, 0.5) is 4.39 Å². The number of phenols is 1. The van der Waals surface area contributed by atoms with Gasteiger partial charge in [0.1, 0.15) is 11.6 Å². The Hall–Kier alpha value is -3.02. The summed E-state index contributed by atoms with van der Waals surface area (Å²) in [6.07, 6.45) is 4.20. The van der Waals surface area contributed by atoms with Crippen molar-refractivity contribution in [3.8, 4) is 5.75 Å². The Morgan fingerprint density at radius 1 is 1.12 bits per heavy atom. The number of aromatic hydroxyl groups is 1. The van der Waals surface area contributed by atoms with E-state index in [0.29, 0.717) is 5.92 Å². The number of nitrogens with two attached hydrogens (primary N) is 1. The van der Waals surface area contributed by atoms with Gasteiger partial charge in [0, 0.05) is 29.1 Å². The zero-order valence-electron chi connectivity index (χ0n) is 22.8. The number of hydrogen-bond donors (Lipinski definition) is 3. The quantitative estimate of drug-likeness (QED) is 0.422. The number of rotatable bonds is 6. The molecule has 0 radical (unpaired) electrons. The number of carbonyl (C=O) groups is 5. The molecule has 1 aromatic carbocycles. The third-order valence-corrected chi connectivity index (χ3v) is 10.3. The number of ketones is 4. The van der Waals surface area contributed by atoms with Crippen LogP contribution in [0.1, 0.15) is 53.6 Å². The minimum absolute atomic E-state index is 0.00837. The van der Waals surface area contributed by atoms with Crippen LogP contribution in [-0.4, -0.2) is 87.4 Å². The second kappa shape index (κ2) is 8.74. The lowest BCUT2D eigenvalue weighted by atomic mass is 9.52. The maximum Gasteiger partial charge on any atom is 0.235 e. The number of phenolic OH excluding ortho intramolecular Hbond substituents is 1. The first-order valence-electron chi connectivity index (χ1n) is 13.8. The summed E-state index contributed by atoms with van der Waals surface area (Å²) in [6, 6.07) is 0.0313. The van der Waals surface area contributed by atoms with Crippen molar-refractivity contribution in [2.75, 3.05) is 21.1 Å². The molecule has 5 aliphatic carbocycles. The van der Waals surface area contributed by atoms with Crippen molar-refractivity contribution in [3.05, 3.63) is 28.6 Å². The van der Waals surface area contributed by atoms with E-state index in [2.05, 4.69) is 4.90 Å². The second-order valence-corrected chi connectivity index (χ2v) is 12.7. The number of Topliss-reactive ketones (excluding diaryl/α,β-unsaturated/α-hetero) is 4. The SMILES string of the molecule is CN(C)[C@@H]1C(=O)C(C(N)=O)C(=O)[C@@]2(O)C(=O)C3C(=O)c4c(O)cc(CN(C)C5(C6CC6)CC5)c(F)c4C[C@H]3C[C@@H]12. The van der Waals surface area contributed by atoms with Crippen LogP contribution in [0.15, 0.2) is 6.07 Å². The van der Waals surface area contributed by atoms with E-state index in [-0.39, 0.29) is 41.6 Å². The number of carbonyl (C=O) groups excluding carboxylic acids is 5. The Kier molecular flexibility index (Phi) is 5.93. The van der Waals surface area contributed by atoms with Gasteiger partial charge in [-0.3, -0.25) is 33.8 Å². The van der Waals surface area contributed by atoms with Gasteiger partial charge < -0.3 is 15.9 Å². The molecule has 0 spiro atoms. The van der Waals surface area contributed by atoms with Gasteiger partial charge in [0.05, 0.1) is 17.5 Å². The summed E-state index contributed by atoms with van der Waals surface area (Å²) < 4.78 is 16.0. The molecule has 1 aromatic rings. The molecule has 4 N–H and O–H groups in total. The second-order valence-electron chi connectivity index (χ2n) is 12.7. The van der Waals surface area contributed by atoms with Crippen molar-refractivity contribution in [2.45, 2.75) is 62.3 Å². The lowest BCUT2D eigenvalue weighted by molar-refractivity contribution is -0.181. The number of aliphatic hydroxyl groups is 1. The van der Waals surface area contributed by atoms with Gasteiger partial charge >= 0.3 is 0 Å². The van der Waals surface area contributed by atoms with E-state index >= 15 is 4.39 Å². The van der Waals surface area contributed by atoms with Crippen LogP contribution in [-0.2, 0) is 32.1 Å². The van der Waals surface area contributed by atoms with Crippen LogP contribution in [0, 0.1) is 35.4 Å². The smallest absolute Gasteiger partial charge is 0.235 e. The predicted molar refractivity (Wildman–Crippen MR) is 137 cm³/mol. The van der Waals surface area contributed by atoms with Crippen molar-refractivity contribution in [2.24, 2.45) is 35.3 Å². The van der Waals surface area contributed by atoms with E-state index in [1.807, 2.05) is 7.05 Å². The standard InChI is InChI=1S/C29H34FN3O7/c1-32(2)22-16-9-12-8-15-19(17(34)10-13(21(15)30)11-33(3)28(6-7-28)14-4-5-14)23(35)18(12)25(37)29(16,40)26(38)20(24(22)36)27(31)39/h10,12,14,16,18,20,22,34,40H,4-9,11H2,1-3H3,(H2,31,39)/t12-,16-,18?,20?,22-,29-/m0/s1. The number of primary amides is 1. The Labute approximate surface area is 230 Å². The Bertz CT molecular complexity index is 1380. The Balaban J connectivity index is 1.39. The molecule has 11 heteroatoms. The molecular formula is C29H34FN3O7. The van der Waals surface area contributed by atoms with Crippen LogP contribution in [0.2, 0.25) is 0 Å². The Morgan fingerprint density at radius 3 is 2.33 bits per heavy atom. The minimum atomic E-state index is -2.80. The average molecular weight is 556 g/mol. The monoisotopic (exact) mass is 555 g/mol. The molecule has 0 aliphatic heterocycles. The summed E-state index contributed by atoms with van der Waals surface area (Å²) in [5.41, 5.74) is 2.54. The molecule has 0 bridgehead atoms. The Morgan fingerprint density at radius 2 is 1.77 bits per heavy atom. The molecule has 10 nitrogen and oxygen atoms in total. The first kappa shape index (κ1) is 27.2. The summed E-state index contributed by atoms with van der Waals surface area (Å²) in [7, 11) is 4.98. The van der Waals surface area contributed by atoms with E-state index in [4.69, 9.17) is 5.73 Å². The van der Waals surface area contributed by atoms with Crippen molar-refractivity contribution in [1.29, 1.82) is 0 Å². The predicted octanol–water partition coefficient (Wildman–Crippen LogP) is 0.381. The highest BCUT2D eigenvalue weighted by atomic mass is 19.1. The van der Waals surface area contributed by atoms with Gasteiger partial charge in [-0.15, -0.1) is 0 Å². The van der Waals surface area contributed by atoms with E-state index in [1.165, 1.54) is 25.1 Å². The molecule has 1 amide bonds. The first-order chi connectivity index (χ1) is 18.8. The topological polar surface area (TPSA) is 158 Å². The van der Waals surface area contributed by atoms with E-state index in [0.717, 1.165) is 25.7 Å². The largest absolute Gasteiger partial charge is 0.507 e. The molecule has 6 atom stereocenters. The maximum absolute atomic E-state index is 16.0. The third kappa shape index (κ3) is 3.53. The highest BCUT2D eigenvalue weighted by molar-refractivity contribution is 6.32. The summed E-state index contributed by atoms with van der Waals surface area (Å²) in [4.78, 5) is 69.6. The number of benzene rings is 1. The molecule has 0 aromatic heterocycles. The van der Waals surface area contributed by atoms with E-state index < -0.39 is 75.9 Å².